The van der Waals surface area contributed by atoms with Crippen molar-refractivity contribution in [3.8, 4) is 11.8 Å². The van der Waals surface area contributed by atoms with Gasteiger partial charge in [0.25, 0.3) is 0 Å². The van der Waals surface area contributed by atoms with Gasteiger partial charge in [0.1, 0.15) is 16.3 Å². The van der Waals surface area contributed by atoms with Crippen molar-refractivity contribution in [2.24, 2.45) is 0 Å². The van der Waals surface area contributed by atoms with Crippen molar-refractivity contribution in [2.75, 3.05) is 6.54 Å². The highest BCUT2D eigenvalue weighted by Crippen LogP contribution is 2.27. The van der Waals surface area contributed by atoms with Gasteiger partial charge in [0.05, 0.1) is 16.3 Å². The zero-order chi connectivity index (χ0) is 11.7. The first-order valence-corrected chi connectivity index (χ1v) is 6.67. The van der Waals surface area contributed by atoms with E-state index in [1.165, 1.54) is 12.7 Å². The molecule has 0 unspecified atom stereocenters. The Morgan fingerprint density at radius 1 is 1.47 bits per heavy atom. The van der Waals surface area contributed by atoms with Crippen LogP contribution in [0.4, 0.5) is 0 Å². The molecule has 0 saturated carbocycles. The van der Waals surface area contributed by atoms with Crippen molar-refractivity contribution < 1.29 is 0 Å². The van der Waals surface area contributed by atoms with Crippen molar-refractivity contribution >= 4 is 33.2 Å². The molecule has 1 N–H and O–H groups in total. The van der Waals surface area contributed by atoms with E-state index >= 15 is 0 Å². The number of halogens is 1. The lowest BCUT2D eigenvalue weighted by atomic mass is 10.2. The maximum atomic E-state index is 5.99. The quantitative estimate of drug-likeness (QED) is 0.586. The van der Waals surface area contributed by atoms with Gasteiger partial charge in [0, 0.05) is 0 Å². The average molecular weight is 264 g/mol. The van der Waals surface area contributed by atoms with Crippen LogP contribution in [-0.4, -0.2) is 22.6 Å². The summed E-state index contributed by atoms with van der Waals surface area (Å²) < 4.78 is 0. The van der Waals surface area contributed by atoms with Crippen LogP contribution in [0, 0.1) is 11.8 Å². The van der Waals surface area contributed by atoms with Gasteiger partial charge in [-0.1, -0.05) is 23.4 Å². The molecule has 3 heterocycles. The smallest absolute Gasteiger partial charge is 0.141 e. The molecule has 2 aromatic heterocycles. The van der Waals surface area contributed by atoms with Crippen LogP contribution in [0.25, 0.3) is 10.2 Å². The minimum absolute atomic E-state index is 0.335. The fraction of sp³-hybridized carbons (Fsp3) is 0.333. The van der Waals surface area contributed by atoms with E-state index in [1.807, 2.05) is 6.07 Å². The molecule has 0 amide bonds. The fourth-order valence-corrected chi connectivity index (χ4v) is 2.96. The highest BCUT2D eigenvalue weighted by atomic mass is 35.5. The van der Waals surface area contributed by atoms with Gasteiger partial charge in [-0.2, -0.15) is 0 Å². The SMILES string of the molecule is Clc1ncnc2sc(C#C[C@H]3CCCN3)cc12. The number of nitrogens with one attached hydrogen (secondary N) is 1. The predicted octanol–water partition coefficient (Wildman–Crippen LogP) is 2.45. The summed E-state index contributed by atoms with van der Waals surface area (Å²) in [6.07, 6.45) is 3.83. The van der Waals surface area contributed by atoms with Crippen LogP contribution in [0.3, 0.4) is 0 Å². The van der Waals surface area contributed by atoms with Crippen molar-refractivity contribution in [2.45, 2.75) is 18.9 Å². The molecule has 1 fully saturated rings. The van der Waals surface area contributed by atoms with Gasteiger partial charge in [0.2, 0.25) is 0 Å². The monoisotopic (exact) mass is 263 g/mol. The van der Waals surface area contributed by atoms with Crippen LogP contribution in [-0.2, 0) is 0 Å². The van der Waals surface area contributed by atoms with Crippen LogP contribution in [0.2, 0.25) is 5.15 Å². The summed E-state index contributed by atoms with van der Waals surface area (Å²) in [6, 6.07) is 2.30. The van der Waals surface area contributed by atoms with Gasteiger partial charge in [0.15, 0.2) is 0 Å². The van der Waals surface area contributed by atoms with E-state index in [9.17, 15) is 0 Å². The molecule has 1 saturated heterocycles. The molecule has 1 aliphatic rings. The lowest BCUT2D eigenvalue weighted by Gasteiger charge is -1.96. The average Bonchev–Trinajstić information content (AvgIpc) is 2.95. The molecule has 1 atom stereocenters. The molecule has 3 nitrogen and oxygen atoms in total. The normalized spacial score (nSPS) is 19.2. The predicted molar refractivity (Wildman–Crippen MR) is 70.3 cm³/mol. The second-order valence-electron chi connectivity index (χ2n) is 3.91. The molecule has 0 aliphatic carbocycles. The standard InChI is InChI=1S/C12H10ClN3S/c13-11-10-6-9(17-12(10)16-7-15-11)4-3-8-2-1-5-14-8/h6-8,14H,1-2,5H2/t8-/m1/s1. The molecule has 0 radical (unpaired) electrons. The third-order valence-electron chi connectivity index (χ3n) is 2.71. The van der Waals surface area contributed by atoms with Crippen LogP contribution in [0.5, 0.6) is 0 Å². The Balaban J connectivity index is 1.93. The van der Waals surface area contributed by atoms with Crippen LogP contribution >= 0.6 is 22.9 Å². The minimum atomic E-state index is 0.335. The zero-order valence-corrected chi connectivity index (χ0v) is 10.6. The number of rotatable bonds is 0. The van der Waals surface area contributed by atoms with Gasteiger partial charge < -0.3 is 5.32 Å². The van der Waals surface area contributed by atoms with Crippen molar-refractivity contribution in [3.63, 3.8) is 0 Å². The third-order valence-corrected chi connectivity index (χ3v) is 3.97. The van der Waals surface area contributed by atoms with Gasteiger partial charge in [-0.15, -0.1) is 11.3 Å². The van der Waals surface area contributed by atoms with E-state index in [1.54, 1.807) is 11.3 Å². The number of nitrogens with zero attached hydrogens (tertiary/aromatic N) is 2. The summed E-state index contributed by atoms with van der Waals surface area (Å²) >= 11 is 7.55. The minimum Gasteiger partial charge on any atom is -0.304 e. The highest BCUT2D eigenvalue weighted by Gasteiger charge is 2.10. The number of hydrogen-bond donors (Lipinski definition) is 1. The van der Waals surface area contributed by atoms with E-state index in [2.05, 4.69) is 27.1 Å². The van der Waals surface area contributed by atoms with E-state index < -0.39 is 0 Å². The summed E-state index contributed by atoms with van der Waals surface area (Å²) in [7, 11) is 0. The Bertz CT molecular complexity index is 605. The molecule has 3 rings (SSSR count). The molecule has 86 valence electrons. The van der Waals surface area contributed by atoms with E-state index in [-0.39, 0.29) is 0 Å². The number of aromatic nitrogens is 2. The van der Waals surface area contributed by atoms with Gasteiger partial charge in [-0.25, -0.2) is 9.97 Å². The Hall–Kier alpha value is -1.15. The van der Waals surface area contributed by atoms with Crippen molar-refractivity contribution in [1.29, 1.82) is 0 Å². The van der Waals surface area contributed by atoms with Crippen LogP contribution < -0.4 is 5.32 Å². The first kappa shape index (κ1) is 11.0. The van der Waals surface area contributed by atoms with Gasteiger partial charge >= 0.3 is 0 Å². The molecule has 0 aromatic carbocycles. The topological polar surface area (TPSA) is 37.8 Å². The molecule has 5 heteroatoms. The second-order valence-corrected chi connectivity index (χ2v) is 5.30. The van der Waals surface area contributed by atoms with E-state index in [0.717, 1.165) is 28.1 Å². The van der Waals surface area contributed by atoms with Crippen molar-refractivity contribution in [1.82, 2.24) is 15.3 Å². The summed E-state index contributed by atoms with van der Waals surface area (Å²) in [5, 5.41) is 4.74. The molecule has 17 heavy (non-hydrogen) atoms. The number of hydrogen-bond acceptors (Lipinski definition) is 4. The van der Waals surface area contributed by atoms with Gasteiger partial charge in [-0.05, 0) is 25.5 Å². The molecule has 1 aliphatic heterocycles. The fourth-order valence-electron chi connectivity index (χ4n) is 1.85. The Morgan fingerprint density at radius 2 is 2.41 bits per heavy atom. The molecular formula is C12H10ClN3S. The van der Waals surface area contributed by atoms with Crippen LogP contribution in [0.15, 0.2) is 12.4 Å². The Labute approximate surface area is 108 Å². The maximum absolute atomic E-state index is 5.99. The molecule has 2 aromatic rings. The van der Waals surface area contributed by atoms with E-state index in [0.29, 0.717) is 11.2 Å². The Kier molecular flexibility index (Phi) is 2.98. The molecule has 0 spiro atoms. The molecular weight excluding hydrogens is 254 g/mol. The lowest BCUT2D eigenvalue weighted by Crippen LogP contribution is -2.18. The zero-order valence-electron chi connectivity index (χ0n) is 9.03. The van der Waals surface area contributed by atoms with E-state index in [4.69, 9.17) is 11.6 Å². The maximum Gasteiger partial charge on any atom is 0.141 e. The summed E-state index contributed by atoms with van der Waals surface area (Å²) in [5.41, 5.74) is 0. The van der Waals surface area contributed by atoms with Crippen LogP contribution in [0.1, 0.15) is 17.7 Å². The number of fused-ring (bicyclic) bond motifs is 1. The largest absolute Gasteiger partial charge is 0.304 e. The summed E-state index contributed by atoms with van der Waals surface area (Å²) in [5.74, 6) is 6.42. The second kappa shape index (κ2) is 4.61. The Morgan fingerprint density at radius 3 is 3.18 bits per heavy atom. The summed E-state index contributed by atoms with van der Waals surface area (Å²) in [6.45, 7) is 1.07. The highest BCUT2D eigenvalue weighted by molar-refractivity contribution is 7.19. The van der Waals surface area contributed by atoms with Crippen molar-refractivity contribution in [3.05, 3.63) is 22.4 Å². The first-order valence-electron chi connectivity index (χ1n) is 5.48. The van der Waals surface area contributed by atoms with Gasteiger partial charge in [-0.3, -0.25) is 0 Å². The lowest BCUT2D eigenvalue weighted by molar-refractivity contribution is 0.749. The summed E-state index contributed by atoms with van der Waals surface area (Å²) in [4.78, 5) is 10.0. The molecule has 0 bridgehead atoms. The number of thiophene rings is 1. The third kappa shape index (κ3) is 2.27. The first-order chi connectivity index (χ1) is 8.33.